The summed E-state index contributed by atoms with van der Waals surface area (Å²) in [5, 5.41) is 54.9. The molecule has 1 saturated carbocycles. The largest absolute Gasteiger partial charge is 0.508 e. The zero-order chi connectivity index (χ0) is 36.9. The first-order valence-electron chi connectivity index (χ1n) is 16.6. The molecule has 4 rings (SSSR count). The topological polar surface area (TPSA) is 245 Å². The van der Waals surface area contributed by atoms with Crippen LogP contribution in [0.15, 0.2) is 35.1 Å². The molecule has 0 aliphatic heterocycles. The number of Topliss-reactive ketones (excluding diaryl/α,β-unsaturated/α-hetero) is 2. The van der Waals surface area contributed by atoms with E-state index in [1.165, 1.54) is 89.1 Å². The number of carbonyl (C=O) groups excluding carboxylic acids is 3. The Morgan fingerprint density at radius 2 is 1.53 bits per heavy atom. The Bertz CT molecular complexity index is 1580. The summed E-state index contributed by atoms with van der Waals surface area (Å²) in [4.78, 5) is 40.0. The number of primary amides is 1. The van der Waals surface area contributed by atoms with Crippen molar-refractivity contribution in [3.05, 3.63) is 46.2 Å². The van der Waals surface area contributed by atoms with Crippen molar-refractivity contribution in [2.75, 3.05) is 20.7 Å². The second kappa shape index (κ2) is 16.1. The Hall–Kier alpha value is -3.34. The van der Waals surface area contributed by atoms with E-state index in [1.54, 1.807) is 0 Å². The van der Waals surface area contributed by atoms with Gasteiger partial charge in [0.2, 0.25) is 5.78 Å². The lowest BCUT2D eigenvalue weighted by molar-refractivity contribution is -0.159. The molecular formula is C34H50N2O12S. The molecule has 1 aromatic carbocycles. The number of nitrogens with two attached hydrogens (primary N) is 1. The van der Waals surface area contributed by atoms with Crippen LogP contribution in [0.4, 0.5) is 0 Å². The number of likely N-dealkylation sites (N-methyl/N-ethyl adjacent to an activating group) is 1. The summed E-state index contributed by atoms with van der Waals surface area (Å²) >= 11 is 0. The van der Waals surface area contributed by atoms with E-state index in [-0.39, 0.29) is 24.2 Å². The number of amides is 1. The van der Waals surface area contributed by atoms with Crippen LogP contribution in [0.3, 0.4) is 0 Å². The smallest absolute Gasteiger partial charge is 0.397 e. The van der Waals surface area contributed by atoms with Gasteiger partial charge in [-0.1, -0.05) is 76.8 Å². The zero-order valence-corrected chi connectivity index (χ0v) is 29.3. The number of hydrogen-bond donors (Lipinski definition) is 7. The maximum absolute atomic E-state index is 13.7. The minimum Gasteiger partial charge on any atom is -0.508 e. The van der Waals surface area contributed by atoms with Gasteiger partial charge in [0.15, 0.2) is 11.4 Å². The molecule has 3 aliphatic carbocycles. The van der Waals surface area contributed by atoms with Crippen molar-refractivity contribution in [1.29, 1.82) is 0 Å². The van der Waals surface area contributed by atoms with Crippen LogP contribution in [0.5, 0.6) is 5.75 Å². The number of benzene rings is 1. The molecule has 15 heteroatoms. The molecule has 274 valence electrons. The first-order valence-corrected chi connectivity index (χ1v) is 18.0. The third-order valence-corrected chi connectivity index (χ3v) is 10.2. The number of aliphatic hydroxyl groups is 4. The molecule has 0 saturated heterocycles. The number of ketones is 2. The van der Waals surface area contributed by atoms with Crippen molar-refractivity contribution in [3.8, 4) is 5.75 Å². The summed E-state index contributed by atoms with van der Waals surface area (Å²) in [5.41, 5.74) is -0.548. The Morgan fingerprint density at radius 3 is 2.04 bits per heavy atom. The van der Waals surface area contributed by atoms with Gasteiger partial charge in [-0.2, -0.15) is 8.42 Å². The van der Waals surface area contributed by atoms with E-state index in [9.17, 15) is 48.3 Å². The van der Waals surface area contributed by atoms with Crippen molar-refractivity contribution in [2.24, 2.45) is 17.6 Å². The number of carbonyl (C=O) groups is 3. The molecule has 1 amide bonds. The fourth-order valence-corrected chi connectivity index (χ4v) is 7.58. The fraction of sp³-hybridized carbons (Fsp3) is 0.618. The van der Waals surface area contributed by atoms with E-state index in [0.29, 0.717) is 6.42 Å². The summed E-state index contributed by atoms with van der Waals surface area (Å²) in [6, 6.07) is 3.02. The summed E-state index contributed by atoms with van der Waals surface area (Å²) in [6.45, 7) is 3.71. The molecule has 1 aromatic rings. The maximum Gasteiger partial charge on any atom is 0.397 e. The second-order valence-corrected chi connectivity index (χ2v) is 14.5. The van der Waals surface area contributed by atoms with Gasteiger partial charge in [-0.05, 0) is 45.5 Å². The van der Waals surface area contributed by atoms with E-state index >= 15 is 0 Å². The van der Waals surface area contributed by atoms with Crippen molar-refractivity contribution in [3.63, 3.8) is 0 Å². The van der Waals surface area contributed by atoms with Crippen LogP contribution in [0.25, 0.3) is 5.76 Å². The van der Waals surface area contributed by atoms with Crippen LogP contribution in [-0.2, 0) is 34.6 Å². The number of rotatable bonds is 14. The Morgan fingerprint density at radius 1 is 0.980 bits per heavy atom. The lowest BCUT2D eigenvalue weighted by atomic mass is 9.54. The molecule has 0 radical (unpaired) electrons. The van der Waals surface area contributed by atoms with Gasteiger partial charge in [-0.3, -0.25) is 23.8 Å². The third kappa shape index (κ3) is 8.35. The molecule has 0 spiro atoms. The van der Waals surface area contributed by atoms with Gasteiger partial charge in [0.05, 0.1) is 23.8 Å². The maximum atomic E-state index is 13.7. The standard InChI is InChI=1S/C22H24N2O8.C12H26O4S/c1-21(31)8-5-4-6-11(25)12(8)16(26)13-9(21)7-10-15(24(2)3)17(27)14(20(23)30)19(29)22(10,32)18(13)28;1-2-3-4-5-6-7-8-9-10-11-12-16-17(13,14)15/h4-6,9-10,15,25-26,29,31-32H,7H2,1-3H3,(H2,23,30);2-12H2,1H3,(H,13,14,15)/t9-,10-,15-,21+,22-;/m0./s1. The molecule has 14 nitrogen and oxygen atoms in total. The third-order valence-electron chi connectivity index (χ3n) is 9.75. The highest BCUT2D eigenvalue weighted by atomic mass is 32.3. The minimum absolute atomic E-state index is 0.0926. The lowest BCUT2D eigenvalue weighted by Gasteiger charge is -2.53. The first-order chi connectivity index (χ1) is 22.8. The Balaban J connectivity index is 0.000000326. The highest BCUT2D eigenvalue weighted by Gasteiger charge is 2.66. The quantitative estimate of drug-likeness (QED) is 0.0833. The second-order valence-electron chi connectivity index (χ2n) is 13.4. The highest BCUT2D eigenvalue weighted by Crippen LogP contribution is 2.57. The predicted octanol–water partition coefficient (Wildman–Crippen LogP) is 3.36. The molecule has 49 heavy (non-hydrogen) atoms. The van der Waals surface area contributed by atoms with Gasteiger partial charge in [-0.15, -0.1) is 0 Å². The van der Waals surface area contributed by atoms with E-state index < -0.39 is 85.4 Å². The average Bonchev–Trinajstić information content (AvgIpc) is 3.00. The van der Waals surface area contributed by atoms with E-state index in [2.05, 4.69) is 11.1 Å². The van der Waals surface area contributed by atoms with E-state index in [4.69, 9.17) is 10.3 Å². The monoisotopic (exact) mass is 710 g/mol. The normalized spacial score (nSPS) is 26.6. The van der Waals surface area contributed by atoms with E-state index in [1.807, 2.05) is 0 Å². The molecule has 3 aliphatic rings. The van der Waals surface area contributed by atoms with Crippen LogP contribution in [0, 0.1) is 11.8 Å². The molecule has 0 bridgehead atoms. The summed E-state index contributed by atoms with van der Waals surface area (Å²) in [6.07, 6.45) is 11.7. The summed E-state index contributed by atoms with van der Waals surface area (Å²) in [7, 11) is -1.23. The molecule has 8 N–H and O–H groups in total. The van der Waals surface area contributed by atoms with Crippen molar-refractivity contribution < 1.29 is 57.1 Å². The van der Waals surface area contributed by atoms with Gasteiger partial charge in [0.25, 0.3) is 5.91 Å². The number of fused-ring (bicyclic) bond motifs is 3. The Labute approximate surface area is 287 Å². The summed E-state index contributed by atoms with van der Waals surface area (Å²) in [5.74, 6) is -7.90. The first kappa shape index (κ1) is 40.1. The number of hydrogen-bond acceptors (Lipinski definition) is 12. The number of nitrogens with zero attached hydrogens (tertiary/aromatic N) is 1. The zero-order valence-electron chi connectivity index (χ0n) is 28.5. The number of aliphatic hydroxyl groups excluding tert-OH is 2. The molecule has 1 fully saturated rings. The fourth-order valence-electron chi connectivity index (χ4n) is 7.26. The lowest BCUT2D eigenvalue weighted by Crippen LogP contribution is -2.67. The number of aromatic hydroxyl groups is 1. The van der Waals surface area contributed by atoms with E-state index in [0.717, 1.165) is 12.8 Å². The van der Waals surface area contributed by atoms with Crippen LogP contribution in [0.2, 0.25) is 0 Å². The number of unbranched alkanes of at least 4 members (excludes halogenated alkanes) is 9. The molecule has 5 atom stereocenters. The average molecular weight is 711 g/mol. The van der Waals surface area contributed by atoms with Gasteiger partial charge >= 0.3 is 10.4 Å². The predicted molar refractivity (Wildman–Crippen MR) is 179 cm³/mol. The van der Waals surface area contributed by atoms with Crippen LogP contribution in [0.1, 0.15) is 95.6 Å². The van der Waals surface area contributed by atoms with Crippen molar-refractivity contribution in [2.45, 2.75) is 102 Å². The van der Waals surface area contributed by atoms with Crippen molar-refractivity contribution >= 4 is 33.6 Å². The van der Waals surface area contributed by atoms with Crippen LogP contribution >= 0.6 is 0 Å². The molecule has 0 aromatic heterocycles. The molecular weight excluding hydrogens is 660 g/mol. The SMILES string of the molecule is CCCCCCCCCCCCOS(=O)(=O)O.CN(C)[C@@H]1C(=O)C(C(N)=O)=C(O)[C@@]2(O)C(=O)C3=C(O)c4c(O)cccc4[C@@](C)(O)[C@H]3C[C@@H]12. The summed E-state index contributed by atoms with van der Waals surface area (Å²) < 4.78 is 33.0. The van der Waals surface area contributed by atoms with Crippen LogP contribution in [-0.4, -0.2) is 93.2 Å². The van der Waals surface area contributed by atoms with Gasteiger partial charge in [-0.25, -0.2) is 4.18 Å². The Kier molecular flexibility index (Phi) is 13.2. The van der Waals surface area contributed by atoms with Gasteiger partial charge < -0.3 is 31.3 Å². The number of phenols is 1. The van der Waals surface area contributed by atoms with Crippen molar-refractivity contribution in [1.82, 2.24) is 4.90 Å². The van der Waals surface area contributed by atoms with Gasteiger partial charge in [0, 0.05) is 17.4 Å². The number of phenolic OH excluding ortho intramolecular Hbond substituents is 1. The molecule has 0 unspecified atom stereocenters. The van der Waals surface area contributed by atoms with Gasteiger partial charge in [0.1, 0.15) is 22.8 Å². The van der Waals surface area contributed by atoms with Crippen LogP contribution < -0.4 is 5.73 Å². The molecule has 0 heterocycles. The minimum atomic E-state index is -4.23. The highest BCUT2D eigenvalue weighted by molar-refractivity contribution is 7.80.